The van der Waals surface area contributed by atoms with Crippen LogP contribution in [0.1, 0.15) is 43.5 Å². The van der Waals surface area contributed by atoms with Crippen molar-refractivity contribution in [2.75, 3.05) is 7.11 Å². The Balaban J connectivity index is 1.56. The Kier molecular flexibility index (Phi) is 6.06. The molecule has 0 radical (unpaired) electrons. The molecule has 1 saturated carbocycles. The second-order valence-corrected chi connectivity index (χ2v) is 7.07. The first kappa shape index (κ1) is 19.0. The molecule has 0 spiro atoms. The van der Waals surface area contributed by atoms with E-state index in [-0.39, 0.29) is 6.10 Å². The molecule has 1 aromatic heterocycles. The van der Waals surface area contributed by atoms with Crippen molar-refractivity contribution in [2.45, 2.75) is 44.6 Å². The van der Waals surface area contributed by atoms with Gasteiger partial charge in [-0.15, -0.1) is 10.2 Å². The summed E-state index contributed by atoms with van der Waals surface area (Å²) in [6.07, 6.45) is 6.30. The molecule has 3 aromatic rings. The van der Waals surface area contributed by atoms with Crippen molar-refractivity contribution in [3.63, 3.8) is 0 Å². The molecule has 0 atom stereocenters. The Morgan fingerprint density at radius 2 is 1.97 bits per heavy atom. The molecule has 2 aromatic carbocycles. The van der Waals surface area contributed by atoms with Crippen LogP contribution in [0, 0.1) is 11.8 Å². The lowest BCUT2D eigenvalue weighted by Crippen LogP contribution is -2.11. The zero-order valence-electron chi connectivity index (χ0n) is 16.5. The summed E-state index contributed by atoms with van der Waals surface area (Å²) in [4.78, 5) is 0. The van der Waals surface area contributed by atoms with E-state index < -0.39 is 0 Å². The largest absolute Gasteiger partial charge is 0.493 e. The molecule has 1 fully saturated rings. The molecule has 148 valence electrons. The number of aromatic amines is 1. The zero-order valence-corrected chi connectivity index (χ0v) is 16.5. The predicted molar refractivity (Wildman–Crippen MR) is 111 cm³/mol. The van der Waals surface area contributed by atoms with Gasteiger partial charge in [0, 0.05) is 18.4 Å². The average molecular weight is 388 g/mol. The van der Waals surface area contributed by atoms with E-state index in [4.69, 9.17) is 9.47 Å². The maximum Gasteiger partial charge on any atom is 0.175 e. The Hall–Kier alpha value is -3.33. The monoisotopic (exact) mass is 388 g/mol. The van der Waals surface area contributed by atoms with E-state index in [1.54, 1.807) is 7.11 Å². The van der Waals surface area contributed by atoms with E-state index in [1.807, 2.05) is 24.3 Å². The van der Waals surface area contributed by atoms with Gasteiger partial charge in [-0.2, -0.15) is 5.21 Å². The number of tetrazole rings is 1. The van der Waals surface area contributed by atoms with Crippen molar-refractivity contribution in [2.24, 2.45) is 0 Å². The fourth-order valence-electron chi connectivity index (χ4n) is 3.59. The number of aryl methyl sites for hydroxylation is 1. The second-order valence-electron chi connectivity index (χ2n) is 7.07. The first-order valence-corrected chi connectivity index (χ1v) is 9.99. The van der Waals surface area contributed by atoms with Gasteiger partial charge in [0.2, 0.25) is 0 Å². The van der Waals surface area contributed by atoms with Crippen LogP contribution in [0.15, 0.2) is 42.5 Å². The van der Waals surface area contributed by atoms with Crippen molar-refractivity contribution in [1.82, 2.24) is 20.6 Å². The van der Waals surface area contributed by atoms with Gasteiger partial charge in [-0.25, -0.2) is 0 Å². The molecule has 1 N–H and O–H groups in total. The van der Waals surface area contributed by atoms with Gasteiger partial charge in [0.05, 0.1) is 13.2 Å². The summed E-state index contributed by atoms with van der Waals surface area (Å²) < 4.78 is 11.8. The van der Waals surface area contributed by atoms with E-state index in [0.717, 1.165) is 41.0 Å². The Labute approximate surface area is 170 Å². The summed E-state index contributed by atoms with van der Waals surface area (Å²) in [7, 11) is 1.68. The van der Waals surface area contributed by atoms with Gasteiger partial charge in [-0.3, -0.25) is 0 Å². The smallest absolute Gasteiger partial charge is 0.175 e. The fraction of sp³-hybridized carbons (Fsp3) is 0.348. The standard InChI is InChI=1S/C23H24N4O2/c1-28-21-15-14-18(16-22(21)29-19-10-4-5-11-19)20-12-6-2-8-17(20)9-3-7-13-23-24-26-27-25-23/h2,6,8,12,14-16,19H,4-5,7,10-11,13H2,1H3,(H,24,25,26,27). The van der Waals surface area contributed by atoms with Crippen molar-refractivity contribution in [3.05, 3.63) is 53.9 Å². The number of nitrogens with one attached hydrogen (secondary N) is 1. The van der Waals surface area contributed by atoms with Crippen LogP contribution in [0.2, 0.25) is 0 Å². The quantitative estimate of drug-likeness (QED) is 0.641. The molecule has 0 bridgehead atoms. The topological polar surface area (TPSA) is 72.9 Å². The number of benzene rings is 2. The van der Waals surface area contributed by atoms with Crippen molar-refractivity contribution >= 4 is 0 Å². The zero-order chi connectivity index (χ0) is 19.9. The average Bonchev–Trinajstić information content (AvgIpc) is 3.46. The molecule has 6 nitrogen and oxygen atoms in total. The Morgan fingerprint density at radius 1 is 1.10 bits per heavy atom. The molecule has 1 aliphatic carbocycles. The number of methoxy groups -OCH3 is 1. The maximum absolute atomic E-state index is 6.26. The number of nitrogens with zero attached hydrogens (tertiary/aromatic N) is 3. The first-order valence-electron chi connectivity index (χ1n) is 9.99. The summed E-state index contributed by atoms with van der Waals surface area (Å²) in [5, 5.41) is 13.9. The lowest BCUT2D eigenvalue weighted by Gasteiger charge is -2.17. The van der Waals surface area contributed by atoms with Crippen molar-refractivity contribution < 1.29 is 9.47 Å². The number of hydrogen-bond acceptors (Lipinski definition) is 5. The summed E-state index contributed by atoms with van der Waals surface area (Å²) in [5.41, 5.74) is 3.14. The lowest BCUT2D eigenvalue weighted by molar-refractivity contribution is 0.201. The van der Waals surface area contributed by atoms with Crippen LogP contribution in [0.4, 0.5) is 0 Å². The molecular formula is C23H24N4O2. The van der Waals surface area contributed by atoms with E-state index in [2.05, 4.69) is 50.7 Å². The summed E-state index contributed by atoms with van der Waals surface area (Å²) in [6, 6.07) is 14.3. The minimum Gasteiger partial charge on any atom is -0.493 e. The predicted octanol–water partition coefficient (Wildman–Crippen LogP) is 4.18. The molecular weight excluding hydrogens is 364 g/mol. The van der Waals surface area contributed by atoms with Gasteiger partial charge in [-0.1, -0.05) is 41.3 Å². The van der Waals surface area contributed by atoms with Gasteiger partial charge in [0.1, 0.15) is 0 Å². The number of ether oxygens (including phenoxy) is 2. The van der Waals surface area contributed by atoms with Crippen LogP contribution in [-0.4, -0.2) is 33.8 Å². The summed E-state index contributed by atoms with van der Waals surface area (Å²) in [5.74, 6) is 8.75. The molecule has 0 unspecified atom stereocenters. The highest BCUT2D eigenvalue weighted by Crippen LogP contribution is 2.36. The number of hydrogen-bond donors (Lipinski definition) is 1. The molecule has 6 heteroatoms. The molecule has 1 aliphatic rings. The van der Waals surface area contributed by atoms with Crippen molar-refractivity contribution in [3.8, 4) is 34.5 Å². The van der Waals surface area contributed by atoms with E-state index in [0.29, 0.717) is 18.7 Å². The maximum atomic E-state index is 6.26. The molecule has 0 saturated heterocycles. The summed E-state index contributed by atoms with van der Waals surface area (Å²) in [6.45, 7) is 0. The van der Waals surface area contributed by atoms with Gasteiger partial charge >= 0.3 is 0 Å². The third-order valence-corrected chi connectivity index (χ3v) is 5.08. The number of aromatic nitrogens is 4. The second kappa shape index (κ2) is 9.24. The van der Waals surface area contributed by atoms with Crippen LogP contribution < -0.4 is 9.47 Å². The molecule has 1 heterocycles. The summed E-state index contributed by atoms with van der Waals surface area (Å²) >= 11 is 0. The lowest BCUT2D eigenvalue weighted by atomic mass is 9.99. The van der Waals surface area contributed by atoms with Gasteiger partial charge in [0.25, 0.3) is 0 Å². The third-order valence-electron chi connectivity index (χ3n) is 5.08. The molecule has 0 amide bonds. The van der Waals surface area contributed by atoms with Crippen LogP contribution in [0.3, 0.4) is 0 Å². The molecule has 4 rings (SSSR count). The van der Waals surface area contributed by atoms with Gasteiger partial charge in [0.15, 0.2) is 17.3 Å². The van der Waals surface area contributed by atoms with E-state index in [9.17, 15) is 0 Å². The highest BCUT2D eigenvalue weighted by Gasteiger charge is 2.19. The van der Waals surface area contributed by atoms with Crippen LogP contribution in [0.25, 0.3) is 11.1 Å². The highest BCUT2D eigenvalue weighted by atomic mass is 16.5. The number of H-pyrrole nitrogens is 1. The molecule has 0 aliphatic heterocycles. The Morgan fingerprint density at radius 3 is 2.76 bits per heavy atom. The fourth-order valence-corrected chi connectivity index (χ4v) is 3.59. The minimum atomic E-state index is 0.277. The SMILES string of the molecule is COc1ccc(-c2ccccc2C#CCCc2nn[nH]n2)cc1OC1CCCC1. The minimum absolute atomic E-state index is 0.277. The highest BCUT2D eigenvalue weighted by molar-refractivity contribution is 5.73. The first-order chi connectivity index (χ1) is 14.3. The van der Waals surface area contributed by atoms with Crippen LogP contribution in [-0.2, 0) is 6.42 Å². The van der Waals surface area contributed by atoms with E-state index >= 15 is 0 Å². The number of rotatable bonds is 6. The van der Waals surface area contributed by atoms with Crippen LogP contribution in [0.5, 0.6) is 11.5 Å². The normalized spacial score (nSPS) is 13.7. The Bertz CT molecular complexity index is 999. The van der Waals surface area contributed by atoms with Gasteiger partial charge in [-0.05, 0) is 55.0 Å². The van der Waals surface area contributed by atoms with Crippen LogP contribution >= 0.6 is 0 Å². The van der Waals surface area contributed by atoms with Crippen molar-refractivity contribution in [1.29, 1.82) is 0 Å². The third kappa shape index (κ3) is 4.75. The van der Waals surface area contributed by atoms with Gasteiger partial charge < -0.3 is 9.47 Å². The van der Waals surface area contributed by atoms with E-state index in [1.165, 1.54) is 12.8 Å². The molecule has 29 heavy (non-hydrogen) atoms.